The van der Waals surface area contributed by atoms with Crippen molar-refractivity contribution in [2.45, 2.75) is 51.7 Å². The van der Waals surface area contributed by atoms with E-state index in [0.717, 1.165) is 37.3 Å². The van der Waals surface area contributed by atoms with Crippen LogP contribution in [0.2, 0.25) is 0 Å². The van der Waals surface area contributed by atoms with Gasteiger partial charge in [0.05, 0.1) is 42.4 Å². The minimum Gasteiger partial charge on any atom is -0.494 e. The van der Waals surface area contributed by atoms with Gasteiger partial charge < -0.3 is 20.5 Å². The minimum atomic E-state index is -0.499. The number of methoxy groups -OCH3 is 1. The number of nitrogen functional groups attached to an aromatic ring is 1. The number of nitrogens with two attached hydrogens (primary N) is 1. The number of aliphatic hydroxyl groups excluding tert-OH is 1. The first-order valence-corrected chi connectivity index (χ1v) is 11.4. The number of aromatic nitrogens is 6. The van der Waals surface area contributed by atoms with Crippen LogP contribution in [-0.2, 0) is 0 Å². The third-order valence-corrected chi connectivity index (χ3v) is 6.82. The number of anilines is 2. The molecule has 1 aliphatic heterocycles. The molecule has 0 bridgehead atoms. The summed E-state index contributed by atoms with van der Waals surface area (Å²) in [5.74, 6) is 0.530. The van der Waals surface area contributed by atoms with Crippen LogP contribution in [0.4, 0.5) is 16.0 Å². The molecule has 0 aliphatic carbocycles. The third kappa shape index (κ3) is 3.60. The van der Waals surface area contributed by atoms with Gasteiger partial charge in [-0.05, 0) is 39.7 Å². The maximum Gasteiger partial charge on any atom is 0.223 e. The summed E-state index contributed by atoms with van der Waals surface area (Å²) in [7, 11) is 1.41. The van der Waals surface area contributed by atoms with Gasteiger partial charge in [-0.1, -0.05) is 0 Å². The fourth-order valence-electron chi connectivity index (χ4n) is 4.72. The van der Waals surface area contributed by atoms with Crippen molar-refractivity contribution in [1.29, 1.82) is 0 Å². The van der Waals surface area contributed by atoms with Gasteiger partial charge in [0, 0.05) is 30.5 Å². The summed E-state index contributed by atoms with van der Waals surface area (Å²) in [6.45, 7) is 7.37. The molecule has 11 heteroatoms. The predicted molar refractivity (Wildman–Crippen MR) is 127 cm³/mol. The molecule has 0 amide bonds. The summed E-state index contributed by atoms with van der Waals surface area (Å²) >= 11 is 0. The van der Waals surface area contributed by atoms with E-state index in [1.54, 1.807) is 6.92 Å². The van der Waals surface area contributed by atoms with Crippen LogP contribution in [0.25, 0.3) is 16.6 Å². The Morgan fingerprint density at radius 2 is 2.06 bits per heavy atom. The molecule has 4 aromatic rings. The van der Waals surface area contributed by atoms with Gasteiger partial charge in [-0.2, -0.15) is 9.61 Å². The highest BCUT2D eigenvalue weighted by Gasteiger charge is 2.28. The van der Waals surface area contributed by atoms with Gasteiger partial charge in [0.25, 0.3) is 0 Å². The standard InChI is InChI=1S/C23H29FN8O2/c1-12(14(3)33)31-13(2)19(10-26-31)30-7-5-6-15(11-30)21-28-22-16-8-17(24)20(34-4)9-18(16)27-23(25)32(22)29-21/h8-10,12,14-15,33H,5-7,11H2,1-4H3,(H2,25,27)/t12?,14?,15-/m1/s1. The first kappa shape index (κ1) is 22.3. The lowest BCUT2D eigenvalue weighted by Crippen LogP contribution is -2.35. The molecular weight excluding hydrogens is 439 g/mol. The molecule has 1 aromatic carbocycles. The Bertz CT molecular complexity index is 1360. The summed E-state index contributed by atoms with van der Waals surface area (Å²) in [4.78, 5) is 11.4. The molecule has 2 unspecified atom stereocenters. The minimum absolute atomic E-state index is 0.0723. The van der Waals surface area contributed by atoms with Crippen molar-refractivity contribution in [2.24, 2.45) is 0 Å². The topological polar surface area (TPSA) is 120 Å². The highest BCUT2D eigenvalue weighted by molar-refractivity contribution is 5.93. The Kier molecular flexibility index (Phi) is 5.51. The van der Waals surface area contributed by atoms with E-state index in [-0.39, 0.29) is 23.7 Å². The third-order valence-electron chi connectivity index (χ3n) is 6.82. The summed E-state index contributed by atoms with van der Waals surface area (Å²) in [6, 6.07) is 2.77. The molecule has 1 aliphatic rings. The molecule has 0 saturated carbocycles. The van der Waals surface area contributed by atoms with E-state index in [1.807, 2.05) is 24.7 Å². The summed E-state index contributed by atoms with van der Waals surface area (Å²) < 4.78 is 22.8. The summed E-state index contributed by atoms with van der Waals surface area (Å²) in [5.41, 5.74) is 9.20. The Morgan fingerprint density at radius 1 is 1.26 bits per heavy atom. The van der Waals surface area contributed by atoms with Gasteiger partial charge in [-0.15, -0.1) is 5.10 Å². The van der Waals surface area contributed by atoms with Crippen LogP contribution in [0.5, 0.6) is 5.75 Å². The van der Waals surface area contributed by atoms with E-state index in [2.05, 4.69) is 20.1 Å². The van der Waals surface area contributed by atoms with E-state index in [1.165, 1.54) is 23.8 Å². The van der Waals surface area contributed by atoms with Crippen LogP contribution >= 0.6 is 0 Å². The SMILES string of the molecule is COc1cc2nc(N)n3nc([C@@H]4CCCN(c5cnn(C(C)C(C)O)c5C)C4)nc3c2cc1F. The van der Waals surface area contributed by atoms with Crippen LogP contribution in [0.15, 0.2) is 18.3 Å². The van der Waals surface area contributed by atoms with Gasteiger partial charge in [-0.3, -0.25) is 4.68 Å². The average Bonchev–Trinajstić information content (AvgIpc) is 3.44. The summed E-state index contributed by atoms with van der Waals surface area (Å²) in [5, 5.41) is 19.7. The highest BCUT2D eigenvalue weighted by Crippen LogP contribution is 2.33. The van der Waals surface area contributed by atoms with Crippen molar-refractivity contribution in [1.82, 2.24) is 29.4 Å². The van der Waals surface area contributed by atoms with E-state index < -0.39 is 11.9 Å². The number of fused-ring (bicyclic) bond motifs is 3. The van der Waals surface area contributed by atoms with Gasteiger partial charge >= 0.3 is 0 Å². The molecule has 3 N–H and O–H groups in total. The number of aliphatic hydroxyl groups is 1. The second-order valence-corrected chi connectivity index (χ2v) is 9.01. The second-order valence-electron chi connectivity index (χ2n) is 9.01. The normalized spacial score (nSPS) is 18.5. The zero-order valence-corrected chi connectivity index (χ0v) is 19.7. The first-order valence-electron chi connectivity index (χ1n) is 11.4. The Morgan fingerprint density at radius 3 is 2.79 bits per heavy atom. The Hall–Kier alpha value is -3.47. The number of nitrogens with zero attached hydrogens (tertiary/aromatic N) is 7. The van der Waals surface area contributed by atoms with Crippen molar-refractivity contribution < 1.29 is 14.2 Å². The lowest BCUT2D eigenvalue weighted by Gasteiger charge is -2.33. The smallest absolute Gasteiger partial charge is 0.223 e. The van der Waals surface area contributed by atoms with Crippen LogP contribution in [-0.4, -0.2) is 60.8 Å². The molecule has 3 atom stereocenters. The van der Waals surface area contributed by atoms with Gasteiger partial charge in [0.15, 0.2) is 23.0 Å². The number of piperidine rings is 1. The quantitative estimate of drug-likeness (QED) is 0.459. The van der Waals surface area contributed by atoms with E-state index in [0.29, 0.717) is 22.4 Å². The van der Waals surface area contributed by atoms with Crippen LogP contribution in [0.3, 0.4) is 0 Å². The molecule has 4 heterocycles. The van der Waals surface area contributed by atoms with Crippen molar-refractivity contribution in [3.63, 3.8) is 0 Å². The second kappa shape index (κ2) is 8.39. The maximum absolute atomic E-state index is 14.4. The number of rotatable bonds is 5. The fraction of sp³-hybridized carbons (Fsp3) is 0.478. The maximum atomic E-state index is 14.4. The van der Waals surface area contributed by atoms with Crippen LogP contribution in [0.1, 0.15) is 50.2 Å². The van der Waals surface area contributed by atoms with Crippen LogP contribution < -0.4 is 15.4 Å². The van der Waals surface area contributed by atoms with Gasteiger partial charge in [-0.25, -0.2) is 14.4 Å². The number of halogens is 1. The fourth-order valence-corrected chi connectivity index (χ4v) is 4.72. The van der Waals surface area contributed by atoms with Crippen LogP contribution in [0, 0.1) is 12.7 Å². The molecule has 3 aromatic heterocycles. The molecular formula is C23H29FN8O2. The van der Waals surface area contributed by atoms with E-state index in [9.17, 15) is 9.50 Å². The van der Waals surface area contributed by atoms with Crippen molar-refractivity contribution >= 4 is 28.2 Å². The predicted octanol–water partition coefficient (Wildman–Crippen LogP) is 2.84. The number of benzene rings is 1. The number of hydrogen-bond donors (Lipinski definition) is 2. The largest absolute Gasteiger partial charge is 0.494 e. The molecule has 10 nitrogen and oxygen atoms in total. The molecule has 1 fully saturated rings. The van der Waals surface area contributed by atoms with E-state index in [4.69, 9.17) is 15.5 Å². The molecule has 5 rings (SSSR count). The lowest BCUT2D eigenvalue weighted by atomic mass is 9.97. The monoisotopic (exact) mass is 468 g/mol. The molecule has 34 heavy (non-hydrogen) atoms. The summed E-state index contributed by atoms with van der Waals surface area (Å²) in [6.07, 6.45) is 3.26. The molecule has 1 saturated heterocycles. The number of ether oxygens (including phenoxy) is 1. The van der Waals surface area contributed by atoms with Crippen molar-refractivity contribution in [3.8, 4) is 5.75 Å². The van der Waals surface area contributed by atoms with Crippen molar-refractivity contribution in [2.75, 3.05) is 30.8 Å². The van der Waals surface area contributed by atoms with E-state index >= 15 is 0 Å². The van der Waals surface area contributed by atoms with Crippen molar-refractivity contribution in [3.05, 3.63) is 35.7 Å². The highest BCUT2D eigenvalue weighted by atomic mass is 19.1. The van der Waals surface area contributed by atoms with Gasteiger partial charge in [0.2, 0.25) is 5.95 Å². The Balaban J connectivity index is 1.49. The number of hydrogen-bond acceptors (Lipinski definition) is 8. The zero-order valence-electron chi connectivity index (χ0n) is 19.7. The lowest BCUT2D eigenvalue weighted by molar-refractivity contribution is 0.131. The first-order chi connectivity index (χ1) is 16.3. The molecule has 0 spiro atoms. The average molecular weight is 469 g/mol. The molecule has 180 valence electrons. The Labute approximate surface area is 196 Å². The zero-order chi connectivity index (χ0) is 24.1. The van der Waals surface area contributed by atoms with Gasteiger partial charge in [0.1, 0.15) is 0 Å². The molecule has 0 radical (unpaired) electrons.